The molecule has 1 aromatic heterocycles. The summed E-state index contributed by atoms with van der Waals surface area (Å²) in [4.78, 5) is 50.2. The quantitative estimate of drug-likeness (QED) is 0.474. The van der Waals surface area contributed by atoms with Gasteiger partial charge < -0.3 is 16.0 Å². The molecule has 3 rings (SSSR count). The molecule has 9 nitrogen and oxygen atoms in total. The van der Waals surface area contributed by atoms with E-state index in [1.807, 2.05) is 5.32 Å². The highest BCUT2D eigenvalue weighted by Crippen LogP contribution is 2.38. The summed E-state index contributed by atoms with van der Waals surface area (Å²) in [6, 6.07) is -0.133. The van der Waals surface area contributed by atoms with Gasteiger partial charge in [-0.2, -0.15) is 13.9 Å². The average molecular weight is 471 g/mol. The second-order valence-electron chi connectivity index (χ2n) is 9.06. The van der Waals surface area contributed by atoms with Gasteiger partial charge in [0.2, 0.25) is 11.7 Å². The molecule has 3 N–H and O–H groups in total. The number of hydrogen-bond acceptors (Lipinski definition) is 5. The van der Waals surface area contributed by atoms with Crippen molar-refractivity contribution in [3.05, 3.63) is 12.3 Å². The Balaban J connectivity index is 1.74. The first-order valence-corrected chi connectivity index (χ1v) is 10.9. The van der Waals surface area contributed by atoms with Crippen molar-refractivity contribution >= 4 is 29.3 Å². The van der Waals surface area contributed by atoms with Gasteiger partial charge in [0.05, 0.1) is 0 Å². The van der Waals surface area contributed by atoms with Crippen LogP contribution in [0.25, 0.3) is 0 Å². The van der Waals surface area contributed by atoms with Gasteiger partial charge in [-0.25, -0.2) is 4.39 Å². The van der Waals surface area contributed by atoms with Crippen molar-refractivity contribution in [1.29, 1.82) is 0 Å². The lowest BCUT2D eigenvalue weighted by molar-refractivity contribution is -0.148. The van der Waals surface area contributed by atoms with Gasteiger partial charge in [-0.05, 0) is 32.1 Å². The highest BCUT2D eigenvalue weighted by Gasteiger charge is 2.50. The summed E-state index contributed by atoms with van der Waals surface area (Å²) in [6.45, 7) is 0.372. The second kappa shape index (κ2) is 9.14. The standard InChI is InChI=1S/C21H28F3N5O4/c1-19(22,23)18(33)25-13(12-20(24)7-3-4-8-20)16(31)27-21(9-5-10-21)15(30)17(32)26-14-6-11-29(2)28-14/h6,11,13H,3-5,7-10,12H2,1-2H3,(H,25,33)(H,27,31)(H,26,28,32). The zero-order chi connectivity index (χ0) is 24.4. The molecule has 0 radical (unpaired) electrons. The maximum atomic E-state index is 15.1. The molecule has 2 saturated carbocycles. The number of carbonyl (C=O) groups excluding carboxylic acids is 4. The fourth-order valence-electron chi connectivity index (χ4n) is 4.21. The van der Waals surface area contributed by atoms with E-state index in [4.69, 9.17) is 0 Å². The number of amides is 3. The monoisotopic (exact) mass is 471 g/mol. The molecular weight excluding hydrogens is 443 g/mol. The molecule has 12 heteroatoms. The smallest absolute Gasteiger partial charge is 0.321 e. The van der Waals surface area contributed by atoms with Gasteiger partial charge in [-0.1, -0.05) is 12.8 Å². The maximum Gasteiger partial charge on any atom is 0.321 e. The largest absolute Gasteiger partial charge is 0.341 e. The Morgan fingerprint density at radius 1 is 1.15 bits per heavy atom. The van der Waals surface area contributed by atoms with Gasteiger partial charge in [0, 0.05) is 32.7 Å². The number of aromatic nitrogens is 2. The third-order valence-electron chi connectivity index (χ3n) is 6.26. The van der Waals surface area contributed by atoms with Crippen LogP contribution in [0.15, 0.2) is 12.3 Å². The molecule has 2 aliphatic carbocycles. The Hall–Kier alpha value is -2.92. The molecule has 2 fully saturated rings. The van der Waals surface area contributed by atoms with Crippen LogP contribution >= 0.6 is 0 Å². The van der Waals surface area contributed by atoms with E-state index >= 15 is 4.39 Å². The van der Waals surface area contributed by atoms with E-state index in [-0.39, 0.29) is 31.5 Å². The van der Waals surface area contributed by atoms with Gasteiger partial charge >= 0.3 is 5.92 Å². The Morgan fingerprint density at radius 2 is 1.79 bits per heavy atom. The van der Waals surface area contributed by atoms with Crippen LogP contribution in [0.2, 0.25) is 0 Å². The van der Waals surface area contributed by atoms with Crippen LogP contribution in [-0.4, -0.2) is 56.5 Å². The number of carbonyl (C=O) groups is 4. The SMILES string of the molecule is Cn1ccc(NC(=O)C(=O)C2(NC(=O)C(CC3(F)CCCC3)NC(=O)C(C)(F)F)CCC2)n1. The van der Waals surface area contributed by atoms with Crippen LogP contribution in [0, 0.1) is 0 Å². The van der Waals surface area contributed by atoms with Crippen molar-refractivity contribution in [2.24, 2.45) is 7.05 Å². The normalized spacial score (nSPS) is 19.8. The number of nitrogens with one attached hydrogen (secondary N) is 3. The van der Waals surface area contributed by atoms with Crippen molar-refractivity contribution in [1.82, 2.24) is 20.4 Å². The summed E-state index contributed by atoms with van der Waals surface area (Å²) in [5, 5.41) is 10.7. The summed E-state index contributed by atoms with van der Waals surface area (Å²) in [5.41, 5.74) is -3.34. The van der Waals surface area contributed by atoms with Gasteiger partial charge in [0.1, 0.15) is 17.2 Å². The Bertz CT molecular complexity index is 933. The van der Waals surface area contributed by atoms with E-state index in [1.54, 1.807) is 13.2 Å². The van der Waals surface area contributed by atoms with Crippen LogP contribution in [0.5, 0.6) is 0 Å². The van der Waals surface area contributed by atoms with Crippen molar-refractivity contribution in [2.75, 3.05) is 5.32 Å². The lowest BCUT2D eigenvalue weighted by Crippen LogP contribution is -2.65. The second-order valence-corrected chi connectivity index (χ2v) is 9.06. The molecule has 1 aromatic rings. The fourth-order valence-corrected chi connectivity index (χ4v) is 4.21. The molecule has 0 spiro atoms. The first kappa shape index (κ1) is 24.7. The molecule has 182 valence electrons. The fraction of sp³-hybridized carbons (Fsp3) is 0.667. The zero-order valence-electron chi connectivity index (χ0n) is 18.6. The summed E-state index contributed by atoms with van der Waals surface area (Å²) >= 11 is 0. The molecule has 2 aliphatic rings. The maximum absolute atomic E-state index is 15.1. The van der Waals surface area contributed by atoms with E-state index in [0.29, 0.717) is 26.2 Å². The van der Waals surface area contributed by atoms with Crippen LogP contribution in [0.1, 0.15) is 58.3 Å². The van der Waals surface area contributed by atoms with Gasteiger partial charge in [0.25, 0.3) is 11.8 Å². The molecule has 1 unspecified atom stereocenters. The number of rotatable bonds is 9. The Morgan fingerprint density at radius 3 is 2.27 bits per heavy atom. The van der Waals surface area contributed by atoms with E-state index in [1.165, 1.54) is 10.7 Å². The van der Waals surface area contributed by atoms with E-state index in [2.05, 4.69) is 15.7 Å². The van der Waals surface area contributed by atoms with E-state index < -0.39 is 53.1 Å². The van der Waals surface area contributed by atoms with Crippen LogP contribution in [-0.2, 0) is 26.2 Å². The molecule has 0 bridgehead atoms. The highest BCUT2D eigenvalue weighted by atomic mass is 19.3. The van der Waals surface area contributed by atoms with Crippen molar-refractivity contribution in [2.45, 2.75) is 81.5 Å². The molecule has 3 amide bonds. The number of nitrogens with zero attached hydrogens (tertiary/aromatic N) is 2. The molecule has 1 atom stereocenters. The van der Waals surface area contributed by atoms with Crippen molar-refractivity contribution in [3.63, 3.8) is 0 Å². The summed E-state index contributed by atoms with van der Waals surface area (Å²) in [5.74, 6) is -8.24. The van der Waals surface area contributed by atoms with Crippen LogP contribution in [0.4, 0.5) is 19.0 Å². The first-order valence-electron chi connectivity index (χ1n) is 10.9. The predicted molar refractivity (Wildman–Crippen MR) is 111 cm³/mol. The van der Waals surface area contributed by atoms with Crippen molar-refractivity contribution in [3.8, 4) is 0 Å². The number of aryl methyl sites for hydroxylation is 1. The Kier molecular flexibility index (Phi) is 6.85. The molecular formula is C21H28F3N5O4. The lowest BCUT2D eigenvalue weighted by Gasteiger charge is -2.41. The van der Waals surface area contributed by atoms with Gasteiger partial charge in [-0.3, -0.25) is 23.9 Å². The molecule has 0 aromatic carbocycles. The van der Waals surface area contributed by atoms with Gasteiger partial charge in [-0.15, -0.1) is 0 Å². The Labute approximate surface area is 188 Å². The van der Waals surface area contributed by atoms with E-state index in [0.717, 1.165) is 0 Å². The summed E-state index contributed by atoms with van der Waals surface area (Å²) in [7, 11) is 1.63. The molecule has 33 heavy (non-hydrogen) atoms. The van der Waals surface area contributed by atoms with E-state index in [9.17, 15) is 28.0 Å². The third kappa shape index (κ3) is 5.72. The number of hydrogen-bond donors (Lipinski definition) is 3. The minimum atomic E-state index is -3.77. The number of Topliss-reactive ketones (excluding diaryl/α,β-unsaturated/α-hetero) is 1. The number of ketones is 1. The summed E-state index contributed by atoms with van der Waals surface area (Å²) < 4.78 is 43.4. The topological polar surface area (TPSA) is 122 Å². The van der Waals surface area contributed by atoms with Gasteiger partial charge in [0.15, 0.2) is 5.82 Å². The number of anilines is 1. The van der Waals surface area contributed by atoms with Crippen LogP contribution in [0.3, 0.4) is 0 Å². The minimum Gasteiger partial charge on any atom is -0.341 e. The molecule has 1 heterocycles. The third-order valence-corrected chi connectivity index (χ3v) is 6.26. The van der Waals surface area contributed by atoms with Crippen molar-refractivity contribution < 1.29 is 32.3 Å². The van der Waals surface area contributed by atoms with Crippen LogP contribution < -0.4 is 16.0 Å². The molecule has 0 aliphatic heterocycles. The molecule has 0 saturated heterocycles. The number of halogens is 3. The highest BCUT2D eigenvalue weighted by molar-refractivity contribution is 6.44. The lowest BCUT2D eigenvalue weighted by atomic mass is 9.73. The predicted octanol–water partition coefficient (Wildman–Crippen LogP) is 1.78. The first-order chi connectivity index (χ1) is 15.3. The number of alkyl halides is 3. The summed E-state index contributed by atoms with van der Waals surface area (Å²) in [6.07, 6.45) is 3.37. The zero-order valence-corrected chi connectivity index (χ0v) is 18.6. The average Bonchev–Trinajstić information content (AvgIpc) is 3.30. The minimum absolute atomic E-state index is 0.145.